The molecule has 0 radical (unpaired) electrons. The molecule has 152 valence electrons. The Morgan fingerprint density at radius 2 is 1.68 bits per heavy atom. The van der Waals surface area contributed by atoms with Crippen molar-refractivity contribution in [3.05, 3.63) is 71.3 Å². The number of aliphatic hydroxyl groups excluding tert-OH is 2. The molecule has 4 N–H and O–H groups in total. The van der Waals surface area contributed by atoms with Crippen LogP contribution in [0.3, 0.4) is 0 Å². The van der Waals surface area contributed by atoms with Gasteiger partial charge in [-0.3, -0.25) is 0 Å². The van der Waals surface area contributed by atoms with Gasteiger partial charge in [0.1, 0.15) is 12.4 Å². The minimum absolute atomic E-state index is 0.00173. The fourth-order valence-corrected chi connectivity index (χ4v) is 2.57. The van der Waals surface area contributed by atoms with Gasteiger partial charge in [0.25, 0.3) is 0 Å². The molecule has 0 aromatic heterocycles. The Balaban J connectivity index is 2.08. The second-order valence-electron chi connectivity index (χ2n) is 6.63. The van der Waals surface area contributed by atoms with Gasteiger partial charge in [0.05, 0.1) is 24.3 Å². The Bertz CT molecular complexity index is 772. The summed E-state index contributed by atoms with van der Waals surface area (Å²) >= 11 is 0. The summed E-state index contributed by atoms with van der Waals surface area (Å²) in [6.45, 7) is -0.909. The van der Waals surface area contributed by atoms with Crippen molar-refractivity contribution in [1.29, 1.82) is 0 Å². The first kappa shape index (κ1) is 21.9. The lowest BCUT2D eigenvalue weighted by Gasteiger charge is -2.24. The number of benzene rings is 2. The fourth-order valence-electron chi connectivity index (χ4n) is 2.57. The van der Waals surface area contributed by atoms with E-state index in [1.165, 1.54) is 12.1 Å². The molecule has 2 aromatic rings. The number of rotatable bonds is 9. The summed E-state index contributed by atoms with van der Waals surface area (Å²) in [6.07, 6.45) is -0.810. The average molecular weight is 395 g/mol. The van der Waals surface area contributed by atoms with Gasteiger partial charge >= 0.3 is 6.18 Å². The molecule has 0 spiro atoms. The minimum Gasteiger partial charge on any atom is -0.489 e. The quantitative estimate of drug-likeness (QED) is 0.608. The summed E-state index contributed by atoms with van der Waals surface area (Å²) in [5.41, 5.74) is 5.01. The molecule has 0 aliphatic carbocycles. The van der Waals surface area contributed by atoms with E-state index < -0.39 is 30.5 Å². The highest BCUT2D eigenvalue weighted by molar-refractivity contribution is 5.49. The van der Waals surface area contributed by atoms with Crippen molar-refractivity contribution in [1.82, 2.24) is 0 Å². The van der Waals surface area contributed by atoms with Gasteiger partial charge < -0.3 is 20.7 Å². The van der Waals surface area contributed by atoms with Crippen LogP contribution in [0.2, 0.25) is 0 Å². The van der Waals surface area contributed by atoms with E-state index in [0.717, 1.165) is 11.6 Å². The molecule has 28 heavy (non-hydrogen) atoms. The van der Waals surface area contributed by atoms with Crippen molar-refractivity contribution in [3.63, 3.8) is 0 Å². The zero-order valence-electron chi connectivity index (χ0n) is 15.3. The topological polar surface area (TPSA) is 75.7 Å². The molecule has 0 fully saturated rings. The molecular formula is C21H24F3NO3. The molecule has 0 saturated carbocycles. The Kier molecular flexibility index (Phi) is 7.62. The van der Waals surface area contributed by atoms with Gasteiger partial charge in [0, 0.05) is 0 Å². The van der Waals surface area contributed by atoms with Crippen molar-refractivity contribution in [3.8, 4) is 5.75 Å². The third kappa shape index (κ3) is 6.37. The summed E-state index contributed by atoms with van der Waals surface area (Å²) in [4.78, 5) is 0. The maximum absolute atomic E-state index is 13.4. The Hall–Kier alpha value is -2.35. The second kappa shape index (κ2) is 9.73. The number of halogens is 3. The predicted molar refractivity (Wildman–Crippen MR) is 102 cm³/mol. The summed E-state index contributed by atoms with van der Waals surface area (Å²) < 4.78 is 45.5. The standard InChI is InChI=1S/C21H24F3NO3/c22-21(23,24)18-13-17(10-11-20(25,14-26)15-27)8-9-19(18)28-12-4-7-16-5-2-1-3-6-16/h1-9,13,26-27H,10-12,14-15,25H2/b7-4+. The van der Waals surface area contributed by atoms with Crippen molar-refractivity contribution < 1.29 is 28.1 Å². The largest absolute Gasteiger partial charge is 0.489 e. The number of alkyl halides is 3. The molecular weight excluding hydrogens is 371 g/mol. The van der Waals surface area contributed by atoms with Crippen molar-refractivity contribution in [2.24, 2.45) is 5.73 Å². The lowest BCUT2D eigenvalue weighted by molar-refractivity contribution is -0.138. The van der Waals surface area contributed by atoms with E-state index >= 15 is 0 Å². The van der Waals surface area contributed by atoms with Crippen molar-refractivity contribution >= 4 is 6.08 Å². The molecule has 0 aliphatic rings. The molecule has 0 bridgehead atoms. The SMILES string of the molecule is NC(CO)(CO)CCc1ccc(OC/C=C/c2ccccc2)c(C(F)(F)F)c1. The summed E-state index contributed by atoms with van der Waals surface area (Å²) in [7, 11) is 0. The van der Waals surface area contributed by atoms with E-state index in [-0.39, 0.29) is 25.2 Å². The van der Waals surface area contributed by atoms with Crippen LogP contribution < -0.4 is 10.5 Å². The smallest absolute Gasteiger partial charge is 0.419 e. The van der Waals surface area contributed by atoms with Crippen LogP contribution in [0, 0.1) is 0 Å². The number of hydrogen-bond donors (Lipinski definition) is 3. The van der Waals surface area contributed by atoms with Crippen LogP contribution in [0.15, 0.2) is 54.6 Å². The van der Waals surface area contributed by atoms with E-state index in [2.05, 4.69) is 0 Å². The van der Waals surface area contributed by atoms with Crippen LogP contribution in [0.4, 0.5) is 13.2 Å². The van der Waals surface area contributed by atoms with Crippen LogP contribution >= 0.6 is 0 Å². The molecule has 4 nitrogen and oxygen atoms in total. The van der Waals surface area contributed by atoms with Crippen molar-refractivity contribution in [2.75, 3.05) is 19.8 Å². The monoisotopic (exact) mass is 395 g/mol. The first-order valence-electron chi connectivity index (χ1n) is 8.82. The predicted octanol–water partition coefficient (Wildman–Crippen LogP) is 3.41. The summed E-state index contributed by atoms with van der Waals surface area (Å²) in [5, 5.41) is 18.4. The molecule has 0 atom stereocenters. The van der Waals surface area contributed by atoms with E-state index in [0.29, 0.717) is 5.56 Å². The number of aryl methyl sites for hydroxylation is 1. The molecule has 0 amide bonds. The van der Waals surface area contributed by atoms with E-state index in [4.69, 9.17) is 10.5 Å². The summed E-state index contributed by atoms with van der Waals surface area (Å²) in [5.74, 6) is -0.253. The minimum atomic E-state index is -4.57. The number of nitrogens with two attached hydrogens (primary N) is 1. The first-order chi connectivity index (χ1) is 13.3. The van der Waals surface area contributed by atoms with E-state index in [1.807, 2.05) is 30.3 Å². The normalized spacial score (nSPS) is 12.5. The van der Waals surface area contributed by atoms with Crippen LogP contribution in [0.1, 0.15) is 23.1 Å². The third-order valence-electron chi connectivity index (χ3n) is 4.34. The molecule has 0 heterocycles. The second-order valence-corrected chi connectivity index (χ2v) is 6.63. The Morgan fingerprint density at radius 1 is 1.00 bits per heavy atom. The van der Waals surface area contributed by atoms with Gasteiger partial charge in [-0.15, -0.1) is 0 Å². The lowest BCUT2D eigenvalue weighted by atomic mass is 9.93. The highest BCUT2D eigenvalue weighted by atomic mass is 19.4. The highest BCUT2D eigenvalue weighted by Gasteiger charge is 2.35. The number of aliphatic hydroxyl groups is 2. The molecule has 0 unspecified atom stereocenters. The maximum atomic E-state index is 13.4. The number of ether oxygens (including phenoxy) is 1. The van der Waals surface area contributed by atoms with Crippen LogP contribution in [0.25, 0.3) is 6.08 Å². The van der Waals surface area contributed by atoms with Crippen molar-refractivity contribution in [2.45, 2.75) is 24.6 Å². The van der Waals surface area contributed by atoms with Gasteiger partial charge in [-0.1, -0.05) is 42.5 Å². The Labute approximate surface area is 162 Å². The first-order valence-corrected chi connectivity index (χ1v) is 8.82. The van der Waals surface area contributed by atoms with Gasteiger partial charge in [-0.05, 0) is 42.2 Å². The third-order valence-corrected chi connectivity index (χ3v) is 4.34. The van der Waals surface area contributed by atoms with Gasteiger partial charge in [-0.2, -0.15) is 13.2 Å². The zero-order valence-corrected chi connectivity index (χ0v) is 15.3. The Morgan fingerprint density at radius 3 is 2.29 bits per heavy atom. The molecule has 0 saturated heterocycles. The number of hydrogen-bond acceptors (Lipinski definition) is 4. The molecule has 2 rings (SSSR count). The van der Waals surface area contributed by atoms with E-state index in [9.17, 15) is 23.4 Å². The molecule has 0 aliphatic heterocycles. The van der Waals surface area contributed by atoms with Gasteiger partial charge in [0.2, 0.25) is 0 Å². The van der Waals surface area contributed by atoms with Crippen LogP contribution in [-0.4, -0.2) is 35.6 Å². The van der Waals surface area contributed by atoms with Gasteiger partial charge in [-0.25, -0.2) is 0 Å². The summed E-state index contributed by atoms with van der Waals surface area (Å²) in [6, 6.07) is 13.2. The zero-order chi connectivity index (χ0) is 20.6. The highest BCUT2D eigenvalue weighted by Crippen LogP contribution is 2.37. The van der Waals surface area contributed by atoms with Gasteiger partial charge in [0.15, 0.2) is 0 Å². The lowest BCUT2D eigenvalue weighted by Crippen LogP contribution is -2.47. The van der Waals surface area contributed by atoms with E-state index in [1.54, 1.807) is 12.2 Å². The van der Waals surface area contributed by atoms with Crippen LogP contribution in [-0.2, 0) is 12.6 Å². The molecule has 7 heteroatoms. The average Bonchev–Trinajstić information content (AvgIpc) is 2.70. The maximum Gasteiger partial charge on any atom is 0.419 e. The molecule has 2 aromatic carbocycles. The fraction of sp³-hybridized carbons (Fsp3) is 0.333. The van der Waals surface area contributed by atoms with Crippen LogP contribution in [0.5, 0.6) is 5.75 Å².